The Morgan fingerprint density at radius 2 is 2.40 bits per heavy atom. The van der Waals surface area contributed by atoms with E-state index in [0.29, 0.717) is 18.8 Å². The maximum atomic E-state index is 12.2. The third-order valence-electron chi connectivity index (χ3n) is 3.23. The van der Waals surface area contributed by atoms with Gasteiger partial charge in [0, 0.05) is 32.0 Å². The van der Waals surface area contributed by atoms with Gasteiger partial charge in [0.1, 0.15) is 5.69 Å². The van der Waals surface area contributed by atoms with E-state index in [4.69, 9.17) is 10.5 Å². The topological polar surface area (TPSA) is 68.5 Å². The lowest BCUT2D eigenvalue weighted by Gasteiger charge is -2.27. The van der Waals surface area contributed by atoms with Crippen molar-refractivity contribution in [2.45, 2.75) is 31.8 Å². The lowest BCUT2D eigenvalue weighted by molar-refractivity contribution is -0.000278. The third-order valence-corrected chi connectivity index (χ3v) is 4.14. The number of thiazole rings is 1. The molecule has 1 aliphatic rings. The van der Waals surface area contributed by atoms with Gasteiger partial charge in [0.05, 0.1) is 11.1 Å². The third kappa shape index (κ3) is 4.70. The molecule has 1 saturated heterocycles. The van der Waals surface area contributed by atoms with Crippen molar-refractivity contribution in [2.24, 2.45) is 5.73 Å². The molecule has 2 rings (SSSR count). The molecule has 7 heteroatoms. The maximum Gasteiger partial charge on any atom is 0.273 e. The van der Waals surface area contributed by atoms with Gasteiger partial charge in [0.2, 0.25) is 0 Å². The first-order valence-corrected chi connectivity index (χ1v) is 7.60. The highest BCUT2D eigenvalue weighted by Crippen LogP contribution is 2.16. The van der Waals surface area contributed by atoms with Gasteiger partial charge in [-0.05, 0) is 25.8 Å². The molecule has 1 aliphatic heterocycles. The van der Waals surface area contributed by atoms with Gasteiger partial charge >= 0.3 is 0 Å². The van der Waals surface area contributed by atoms with Crippen LogP contribution in [0.5, 0.6) is 0 Å². The molecule has 20 heavy (non-hydrogen) atoms. The SMILES string of the molecule is CN(CC1CCCCO1)C(=O)c1csc(CCN)n1.Cl. The summed E-state index contributed by atoms with van der Waals surface area (Å²) in [5.41, 5.74) is 6.00. The number of nitrogens with zero attached hydrogens (tertiary/aromatic N) is 2. The molecule has 2 N–H and O–H groups in total. The molecular weight excluding hydrogens is 298 g/mol. The molecule has 1 atom stereocenters. The van der Waals surface area contributed by atoms with Crippen molar-refractivity contribution in [3.8, 4) is 0 Å². The summed E-state index contributed by atoms with van der Waals surface area (Å²) in [5.74, 6) is -0.0336. The smallest absolute Gasteiger partial charge is 0.273 e. The molecule has 0 aromatic carbocycles. The van der Waals surface area contributed by atoms with E-state index in [1.54, 1.807) is 4.90 Å². The minimum absolute atomic E-state index is 0. The standard InChI is InChI=1S/C13H21N3O2S.ClH/c1-16(8-10-4-2-3-7-18-10)13(17)11-9-19-12(15-11)5-6-14;/h9-10H,2-8,14H2,1H3;1H. The summed E-state index contributed by atoms with van der Waals surface area (Å²) in [7, 11) is 1.81. The normalized spacial score (nSPS) is 18.4. The van der Waals surface area contributed by atoms with Gasteiger partial charge in [-0.3, -0.25) is 4.79 Å². The van der Waals surface area contributed by atoms with Crippen LogP contribution in [0.2, 0.25) is 0 Å². The van der Waals surface area contributed by atoms with Crippen LogP contribution in [0.15, 0.2) is 5.38 Å². The zero-order chi connectivity index (χ0) is 13.7. The van der Waals surface area contributed by atoms with Crippen LogP contribution in [-0.2, 0) is 11.2 Å². The Bertz CT molecular complexity index is 422. The average Bonchev–Trinajstić information content (AvgIpc) is 2.88. The molecule has 1 aromatic heterocycles. The zero-order valence-electron chi connectivity index (χ0n) is 11.7. The van der Waals surface area contributed by atoms with Crippen LogP contribution in [0.1, 0.15) is 34.8 Å². The second-order valence-corrected chi connectivity index (χ2v) is 5.78. The Labute approximate surface area is 129 Å². The number of carbonyl (C=O) groups excluding carboxylic acids is 1. The van der Waals surface area contributed by atoms with Crippen LogP contribution in [0, 0.1) is 0 Å². The molecule has 5 nitrogen and oxygen atoms in total. The van der Waals surface area contributed by atoms with Crippen LogP contribution in [0.25, 0.3) is 0 Å². The van der Waals surface area contributed by atoms with E-state index in [1.165, 1.54) is 17.8 Å². The predicted octanol–water partition coefficient (Wildman–Crippen LogP) is 1.71. The molecule has 2 heterocycles. The van der Waals surface area contributed by atoms with E-state index in [0.717, 1.165) is 30.9 Å². The van der Waals surface area contributed by atoms with Gasteiger partial charge in [-0.25, -0.2) is 4.98 Å². The Morgan fingerprint density at radius 3 is 3.05 bits per heavy atom. The van der Waals surface area contributed by atoms with Crippen LogP contribution < -0.4 is 5.73 Å². The fourth-order valence-electron chi connectivity index (χ4n) is 2.18. The van der Waals surface area contributed by atoms with Crippen molar-refractivity contribution >= 4 is 29.7 Å². The summed E-state index contributed by atoms with van der Waals surface area (Å²) in [4.78, 5) is 18.2. The van der Waals surface area contributed by atoms with Crippen molar-refractivity contribution in [3.05, 3.63) is 16.1 Å². The van der Waals surface area contributed by atoms with Crippen molar-refractivity contribution in [2.75, 3.05) is 26.7 Å². The average molecular weight is 320 g/mol. The summed E-state index contributed by atoms with van der Waals surface area (Å²) in [6.07, 6.45) is 4.25. The minimum atomic E-state index is -0.0336. The number of halogens is 1. The van der Waals surface area contributed by atoms with Crippen molar-refractivity contribution in [1.29, 1.82) is 0 Å². The molecule has 0 radical (unpaired) electrons. The van der Waals surface area contributed by atoms with Crippen LogP contribution in [-0.4, -0.2) is 48.6 Å². The van der Waals surface area contributed by atoms with Crippen molar-refractivity contribution in [1.82, 2.24) is 9.88 Å². The van der Waals surface area contributed by atoms with Gasteiger partial charge in [-0.1, -0.05) is 0 Å². The number of nitrogens with two attached hydrogens (primary N) is 1. The quantitative estimate of drug-likeness (QED) is 0.897. The number of likely N-dealkylation sites (N-methyl/N-ethyl adjacent to an activating group) is 1. The van der Waals surface area contributed by atoms with E-state index in [-0.39, 0.29) is 24.4 Å². The van der Waals surface area contributed by atoms with Crippen LogP contribution >= 0.6 is 23.7 Å². The number of hydrogen-bond donors (Lipinski definition) is 1. The Hall–Kier alpha value is -0.690. The Kier molecular flexibility index (Phi) is 7.43. The molecule has 1 aromatic rings. The van der Waals surface area contributed by atoms with Gasteiger partial charge in [-0.2, -0.15) is 0 Å². The molecule has 1 amide bonds. The van der Waals surface area contributed by atoms with E-state index in [2.05, 4.69) is 4.98 Å². The first kappa shape index (κ1) is 17.4. The number of carbonyl (C=O) groups is 1. The highest BCUT2D eigenvalue weighted by atomic mass is 35.5. The second kappa shape index (κ2) is 8.56. The molecule has 1 unspecified atom stereocenters. The Morgan fingerprint density at radius 1 is 1.60 bits per heavy atom. The van der Waals surface area contributed by atoms with Crippen LogP contribution in [0.4, 0.5) is 0 Å². The maximum absolute atomic E-state index is 12.2. The molecule has 114 valence electrons. The van der Waals surface area contributed by atoms with E-state index >= 15 is 0 Å². The predicted molar refractivity (Wildman–Crippen MR) is 82.7 cm³/mol. The first-order chi connectivity index (χ1) is 9.20. The monoisotopic (exact) mass is 319 g/mol. The fraction of sp³-hybridized carbons (Fsp3) is 0.692. The summed E-state index contributed by atoms with van der Waals surface area (Å²) in [6, 6.07) is 0. The highest BCUT2D eigenvalue weighted by molar-refractivity contribution is 7.09. The second-order valence-electron chi connectivity index (χ2n) is 4.84. The summed E-state index contributed by atoms with van der Waals surface area (Å²) < 4.78 is 5.65. The summed E-state index contributed by atoms with van der Waals surface area (Å²) >= 11 is 1.50. The number of amides is 1. The van der Waals surface area contributed by atoms with Gasteiger partial charge in [0.25, 0.3) is 5.91 Å². The van der Waals surface area contributed by atoms with E-state index in [1.807, 2.05) is 12.4 Å². The van der Waals surface area contributed by atoms with Crippen LogP contribution in [0.3, 0.4) is 0 Å². The number of aromatic nitrogens is 1. The largest absolute Gasteiger partial charge is 0.376 e. The number of hydrogen-bond acceptors (Lipinski definition) is 5. The van der Waals surface area contributed by atoms with E-state index in [9.17, 15) is 4.79 Å². The summed E-state index contributed by atoms with van der Waals surface area (Å²) in [5, 5.41) is 2.74. The Balaban J connectivity index is 0.00000200. The lowest BCUT2D eigenvalue weighted by atomic mass is 10.1. The van der Waals surface area contributed by atoms with Gasteiger partial charge in [0.15, 0.2) is 0 Å². The van der Waals surface area contributed by atoms with Crippen molar-refractivity contribution in [3.63, 3.8) is 0 Å². The number of ether oxygens (including phenoxy) is 1. The number of rotatable bonds is 5. The van der Waals surface area contributed by atoms with Gasteiger partial charge in [-0.15, -0.1) is 23.7 Å². The fourth-order valence-corrected chi connectivity index (χ4v) is 2.97. The first-order valence-electron chi connectivity index (χ1n) is 6.72. The van der Waals surface area contributed by atoms with E-state index < -0.39 is 0 Å². The molecule has 0 saturated carbocycles. The highest BCUT2D eigenvalue weighted by Gasteiger charge is 2.21. The van der Waals surface area contributed by atoms with Gasteiger partial charge < -0.3 is 15.4 Å². The molecule has 1 fully saturated rings. The molecule has 0 bridgehead atoms. The molecule has 0 aliphatic carbocycles. The summed E-state index contributed by atoms with van der Waals surface area (Å²) in [6.45, 7) is 2.01. The molecular formula is C13H22ClN3O2S. The molecule has 0 spiro atoms. The minimum Gasteiger partial charge on any atom is -0.376 e. The lowest BCUT2D eigenvalue weighted by Crippen LogP contribution is -2.37. The van der Waals surface area contributed by atoms with Crippen molar-refractivity contribution < 1.29 is 9.53 Å². The zero-order valence-corrected chi connectivity index (χ0v) is 13.3.